The Morgan fingerprint density at radius 1 is 1.43 bits per heavy atom. The Morgan fingerprint density at radius 3 is 2.93 bits per heavy atom. The summed E-state index contributed by atoms with van der Waals surface area (Å²) in [7, 11) is 0. The maximum Gasteiger partial charge on any atom is 0.0924 e. The highest BCUT2D eigenvalue weighted by Crippen LogP contribution is 2.18. The molecular formula is C11H13BrN2. The van der Waals surface area contributed by atoms with E-state index in [2.05, 4.69) is 47.1 Å². The Kier molecular flexibility index (Phi) is 2.59. The van der Waals surface area contributed by atoms with Gasteiger partial charge in [-0.05, 0) is 24.1 Å². The van der Waals surface area contributed by atoms with Crippen molar-refractivity contribution >= 4 is 26.8 Å². The molecule has 0 spiro atoms. The van der Waals surface area contributed by atoms with Gasteiger partial charge < -0.3 is 0 Å². The molecular weight excluding hydrogens is 240 g/mol. The van der Waals surface area contributed by atoms with E-state index in [1.165, 1.54) is 5.39 Å². The van der Waals surface area contributed by atoms with Crippen molar-refractivity contribution in [2.45, 2.75) is 20.4 Å². The van der Waals surface area contributed by atoms with Crippen molar-refractivity contribution in [3.63, 3.8) is 0 Å². The molecule has 1 aromatic heterocycles. The first-order chi connectivity index (χ1) is 6.65. The molecule has 0 aliphatic carbocycles. The SMILES string of the molecule is CC(C)Cn1cc2cc(Br)ccc2n1. The topological polar surface area (TPSA) is 17.8 Å². The van der Waals surface area contributed by atoms with Crippen LogP contribution in [0.3, 0.4) is 0 Å². The Morgan fingerprint density at radius 2 is 2.21 bits per heavy atom. The van der Waals surface area contributed by atoms with Crippen LogP contribution in [-0.4, -0.2) is 9.78 Å². The molecule has 0 aliphatic heterocycles. The predicted molar refractivity (Wildman–Crippen MR) is 62.3 cm³/mol. The van der Waals surface area contributed by atoms with E-state index >= 15 is 0 Å². The molecule has 0 fully saturated rings. The smallest absolute Gasteiger partial charge is 0.0924 e. The lowest BCUT2D eigenvalue weighted by Gasteiger charge is -2.02. The molecule has 74 valence electrons. The van der Waals surface area contributed by atoms with Gasteiger partial charge in [-0.3, -0.25) is 4.68 Å². The highest BCUT2D eigenvalue weighted by Gasteiger charge is 2.02. The van der Waals surface area contributed by atoms with E-state index in [9.17, 15) is 0 Å². The van der Waals surface area contributed by atoms with Crippen LogP contribution in [0.5, 0.6) is 0 Å². The molecule has 2 aromatic rings. The van der Waals surface area contributed by atoms with Gasteiger partial charge in [0.1, 0.15) is 0 Å². The van der Waals surface area contributed by atoms with Gasteiger partial charge in [0.2, 0.25) is 0 Å². The van der Waals surface area contributed by atoms with Gasteiger partial charge in [-0.2, -0.15) is 5.10 Å². The summed E-state index contributed by atoms with van der Waals surface area (Å²) in [5.74, 6) is 0.632. The minimum atomic E-state index is 0.632. The number of nitrogens with zero attached hydrogens (tertiary/aromatic N) is 2. The first-order valence-electron chi connectivity index (χ1n) is 4.78. The summed E-state index contributed by atoms with van der Waals surface area (Å²) < 4.78 is 3.12. The number of halogens is 1. The predicted octanol–water partition coefficient (Wildman–Crippen LogP) is 3.45. The molecule has 0 amide bonds. The lowest BCUT2D eigenvalue weighted by Crippen LogP contribution is -2.04. The summed E-state index contributed by atoms with van der Waals surface area (Å²) in [4.78, 5) is 0. The van der Waals surface area contributed by atoms with Crippen molar-refractivity contribution in [1.29, 1.82) is 0 Å². The fourth-order valence-corrected chi connectivity index (χ4v) is 1.89. The molecule has 1 aromatic carbocycles. The van der Waals surface area contributed by atoms with E-state index in [1.807, 2.05) is 16.8 Å². The minimum absolute atomic E-state index is 0.632. The molecule has 0 saturated heterocycles. The van der Waals surface area contributed by atoms with Gasteiger partial charge in [-0.1, -0.05) is 29.8 Å². The minimum Gasteiger partial charge on any atom is -0.271 e. The van der Waals surface area contributed by atoms with E-state index < -0.39 is 0 Å². The van der Waals surface area contributed by atoms with E-state index in [4.69, 9.17) is 0 Å². The standard InChI is InChI=1S/C11H13BrN2/c1-8(2)6-14-7-9-5-10(12)3-4-11(9)13-14/h3-5,7-8H,6H2,1-2H3. The highest BCUT2D eigenvalue weighted by molar-refractivity contribution is 9.10. The van der Waals surface area contributed by atoms with Gasteiger partial charge in [0.15, 0.2) is 0 Å². The molecule has 0 atom stereocenters. The van der Waals surface area contributed by atoms with Crippen LogP contribution < -0.4 is 0 Å². The summed E-state index contributed by atoms with van der Waals surface area (Å²) in [6.07, 6.45) is 2.10. The van der Waals surface area contributed by atoms with Gasteiger partial charge in [0.25, 0.3) is 0 Å². The fraction of sp³-hybridized carbons (Fsp3) is 0.364. The number of rotatable bonds is 2. The van der Waals surface area contributed by atoms with Gasteiger partial charge in [0, 0.05) is 22.6 Å². The Bertz CT molecular complexity index is 445. The summed E-state index contributed by atoms with van der Waals surface area (Å²) in [5.41, 5.74) is 1.06. The summed E-state index contributed by atoms with van der Waals surface area (Å²) >= 11 is 3.46. The molecule has 0 radical (unpaired) electrons. The number of fused-ring (bicyclic) bond motifs is 1. The zero-order valence-corrected chi connectivity index (χ0v) is 9.95. The molecule has 2 rings (SSSR count). The quantitative estimate of drug-likeness (QED) is 0.801. The molecule has 0 N–H and O–H groups in total. The summed E-state index contributed by atoms with van der Waals surface area (Å²) in [5, 5.41) is 5.68. The third kappa shape index (κ3) is 1.98. The lowest BCUT2D eigenvalue weighted by molar-refractivity contribution is 0.486. The molecule has 0 saturated carbocycles. The number of benzene rings is 1. The van der Waals surface area contributed by atoms with Crippen LogP contribution in [0.4, 0.5) is 0 Å². The average Bonchev–Trinajstić information content (AvgIpc) is 2.44. The highest BCUT2D eigenvalue weighted by atomic mass is 79.9. The van der Waals surface area contributed by atoms with E-state index in [0.717, 1.165) is 16.5 Å². The molecule has 1 heterocycles. The van der Waals surface area contributed by atoms with E-state index in [1.54, 1.807) is 0 Å². The second-order valence-corrected chi connectivity index (χ2v) is 4.86. The molecule has 3 heteroatoms. The fourth-order valence-electron chi connectivity index (χ4n) is 1.52. The van der Waals surface area contributed by atoms with Crippen LogP contribution in [0, 0.1) is 5.92 Å². The van der Waals surface area contributed by atoms with Crippen LogP contribution in [0.25, 0.3) is 10.9 Å². The first-order valence-corrected chi connectivity index (χ1v) is 5.57. The van der Waals surface area contributed by atoms with Crippen molar-refractivity contribution in [2.24, 2.45) is 5.92 Å². The van der Waals surface area contributed by atoms with Crippen LogP contribution in [0.2, 0.25) is 0 Å². The molecule has 14 heavy (non-hydrogen) atoms. The third-order valence-electron chi connectivity index (χ3n) is 2.07. The number of aromatic nitrogens is 2. The molecule has 0 unspecified atom stereocenters. The summed E-state index contributed by atoms with van der Waals surface area (Å²) in [6, 6.07) is 6.16. The van der Waals surface area contributed by atoms with Crippen molar-refractivity contribution in [2.75, 3.05) is 0 Å². The Labute approximate surface area is 92.0 Å². The van der Waals surface area contributed by atoms with Gasteiger partial charge in [0.05, 0.1) is 5.52 Å². The lowest BCUT2D eigenvalue weighted by atomic mass is 10.2. The Hall–Kier alpha value is -0.830. The Balaban J connectivity index is 2.41. The zero-order valence-electron chi connectivity index (χ0n) is 8.37. The average molecular weight is 253 g/mol. The third-order valence-corrected chi connectivity index (χ3v) is 2.56. The largest absolute Gasteiger partial charge is 0.271 e. The maximum atomic E-state index is 4.49. The second kappa shape index (κ2) is 3.73. The monoisotopic (exact) mass is 252 g/mol. The summed E-state index contributed by atoms with van der Waals surface area (Å²) in [6.45, 7) is 5.37. The molecule has 2 nitrogen and oxygen atoms in total. The number of hydrogen-bond donors (Lipinski definition) is 0. The second-order valence-electron chi connectivity index (χ2n) is 3.95. The van der Waals surface area contributed by atoms with Crippen LogP contribution in [0.15, 0.2) is 28.9 Å². The van der Waals surface area contributed by atoms with Gasteiger partial charge >= 0.3 is 0 Å². The van der Waals surface area contributed by atoms with Gasteiger partial charge in [-0.25, -0.2) is 0 Å². The van der Waals surface area contributed by atoms with Gasteiger partial charge in [-0.15, -0.1) is 0 Å². The van der Waals surface area contributed by atoms with Crippen molar-refractivity contribution in [3.8, 4) is 0 Å². The normalized spacial score (nSPS) is 11.4. The zero-order chi connectivity index (χ0) is 10.1. The van der Waals surface area contributed by atoms with Crippen molar-refractivity contribution in [1.82, 2.24) is 9.78 Å². The van der Waals surface area contributed by atoms with E-state index in [0.29, 0.717) is 5.92 Å². The van der Waals surface area contributed by atoms with Crippen LogP contribution in [-0.2, 0) is 6.54 Å². The maximum absolute atomic E-state index is 4.49. The van der Waals surface area contributed by atoms with Crippen LogP contribution >= 0.6 is 15.9 Å². The van der Waals surface area contributed by atoms with Crippen molar-refractivity contribution in [3.05, 3.63) is 28.9 Å². The van der Waals surface area contributed by atoms with Crippen LogP contribution in [0.1, 0.15) is 13.8 Å². The van der Waals surface area contributed by atoms with E-state index in [-0.39, 0.29) is 0 Å². The first kappa shape index (κ1) is 9.71. The molecule has 0 aliphatic rings. The molecule has 0 bridgehead atoms. The number of hydrogen-bond acceptors (Lipinski definition) is 1. The van der Waals surface area contributed by atoms with Crippen molar-refractivity contribution < 1.29 is 0 Å².